The maximum Gasteiger partial charge on any atom is 0.163 e. The largest absolute Gasteiger partial charge is 0.339 e. The average Bonchev–Trinajstić information content (AvgIpc) is 3.07. The van der Waals surface area contributed by atoms with Gasteiger partial charge in [-0.3, -0.25) is 4.79 Å². The molecule has 0 saturated carbocycles. The Kier molecular flexibility index (Phi) is 4.15. The minimum absolute atomic E-state index is 0.0252. The Morgan fingerprint density at radius 1 is 1.08 bits per heavy atom. The first-order valence-corrected chi connectivity index (χ1v) is 8.29. The number of nitrogens with one attached hydrogen (secondary N) is 1. The van der Waals surface area contributed by atoms with Crippen molar-refractivity contribution in [3.63, 3.8) is 0 Å². The third-order valence-electron chi connectivity index (χ3n) is 4.14. The Bertz CT molecular complexity index is 1070. The molecular weight excluding hydrogens is 326 g/mol. The minimum atomic E-state index is 0.0252. The van der Waals surface area contributed by atoms with Gasteiger partial charge in [0.05, 0.1) is 18.1 Å². The van der Waals surface area contributed by atoms with Gasteiger partial charge in [-0.1, -0.05) is 42.5 Å². The number of anilines is 2. The van der Waals surface area contributed by atoms with Crippen LogP contribution in [-0.4, -0.2) is 25.5 Å². The van der Waals surface area contributed by atoms with Gasteiger partial charge in [-0.25, -0.2) is 14.6 Å². The number of hydrogen-bond acceptors (Lipinski definition) is 5. The van der Waals surface area contributed by atoms with Gasteiger partial charge < -0.3 is 5.32 Å². The number of Topliss-reactive ketones (excluding diaryl/α,β-unsaturated/α-hetero) is 1. The normalized spacial score (nSPS) is 10.8. The number of carbonyl (C=O) groups excluding carboxylic acids is 1. The molecule has 4 aromatic rings. The molecule has 128 valence electrons. The summed E-state index contributed by atoms with van der Waals surface area (Å²) in [6, 6.07) is 17.5. The van der Waals surface area contributed by atoms with Crippen LogP contribution in [0.1, 0.15) is 22.8 Å². The molecule has 26 heavy (non-hydrogen) atoms. The molecule has 0 spiro atoms. The van der Waals surface area contributed by atoms with Crippen molar-refractivity contribution < 1.29 is 4.79 Å². The van der Waals surface area contributed by atoms with Crippen LogP contribution >= 0.6 is 0 Å². The van der Waals surface area contributed by atoms with Gasteiger partial charge >= 0.3 is 0 Å². The number of aromatic nitrogens is 4. The Hall–Kier alpha value is -3.54. The van der Waals surface area contributed by atoms with Crippen LogP contribution in [0.2, 0.25) is 0 Å². The van der Waals surface area contributed by atoms with Crippen molar-refractivity contribution in [2.24, 2.45) is 0 Å². The Morgan fingerprint density at radius 2 is 1.92 bits per heavy atom. The van der Waals surface area contributed by atoms with Gasteiger partial charge in [-0.05, 0) is 24.6 Å². The van der Waals surface area contributed by atoms with E-state index in [1.165, 1.54) is 6.33 Å². The molecular formula is C20H17N5O. The van der Waals surface area contributed by atoms with E-state index in [1.54, 1.807) is 19.2 Å². The van der Waals surface area contributed by atoms with E-state index >= 15 is 0 Å². The fourth-order valence-corrected chi connectivity index (χ4v) is 2.82. The van der Waals surface area contributed by atoms with E-state index < -0.39 is 0 Å². The number of hydrogen-bond donors (Lipinski definition) is 1. The summed E-state index contributed by atoms with van der Waals surface area (Å²) in [4.78, 5) is 20.3. The van der Waals surface area contributed by atoms with Crippen molar-refractivity contribution in [1.29, 1.82) is 0 Å². The van der Waals surface area contributed by atoms with Gasteiger partial charge in [-0.15, -0.1) is 0 Å². The van der Waals surface area contributed by atoms with Crippen LogP contribution in [-0.2, 0) is 6.54 Å². The second-order valence-corrected chi connectivity index (χ2v) is 6.01. The molecule has 0 bridgehead atoms. The van der Waals surface area contributed by atoms with Crippen molar-refractivity contribution in [2.45, 2.75) is 13.5 Å². The lowest BCUT2D eigenvalue weighted by Crippen LogP contribution is -2.03. The zero-order chi connectivity index (χ0) is 17.9. The van der Waals surface area contributed by atoms with E-state index in [4.69, 9.17) is 0 Å². The van der Waals surface area contributed by atoms with Crippen molar-refractivity contribution in [1.82, 2.24) is 19.7 Å². The van der Waals surface area contributed by atoms with Crippen LogP contribution in [0.5, 0.6) is 0 Å². The lowest BCUT2D eigenvalue weighted by atomic mass is 10.1. The highest BCUT2D eigenvalue weighted by Crippen LogP contribution is 2.23. The molecule has 0 radical (unpaired) electrons. The summed E-state index contributed by atoms with van der Waals surface area (Å²) in [6.07, 6.45) is 3.28. The van der Waals surface area contributed by atoms with E-state index in [0.717, 1.165) is 22.3 Å². The molecule has 6 nitrogen and oxygen atoms in total. The first-order chi connectivity index (χ1) is 12.7. The number of benzene rings is 2. The van der Waals surface area contributed by atoms with Gasteiger partial charge in [-0.2, -0.15) is 5.10 Å². The summed E-state index contributed by atoms with van der Waals surface area (Å²) < 4.78 is 1.85. The molecule has 0 fully saturated rings. The van der Waals surface area contributed by atoms with Crippen molar-refractivity contribution in [2.75, 3.05) is 5.32 Å². The summed E-state index contributed by atoms with van der Waals surface area (Å²) in [5.74, 6) is 0.687. The fraction of sp³-hybridized carbons (Fsp3) is 0.100. The monoisotopic (exact) mass is 343 g/mol. The predicted octanol–water partition coefficient (Wildman–Crippen LogP) is 3.82. The molecule has 0 aliphatic carbocycles. The smallest absolute Gasteiger partial charge is 0.163 e. The lowest BCUT2D eigenvalue weighted by Gasteiger charge is -2.08. The van der Waals surface area contributed by atoms with Gasteiger partial charge in [0.25, 0.3) is 0 Å². The minimum Gasteiger partial charge on any atom is -0.339 e. The lowest BCUT2D eigenvalue weighted by molar-refractivity contribution is 0.101. The highest BCUT2D eigenvalue weighted by atomic mass is 16.1. The highest BCUT2D eigenvalue weighted by Gasteiger charge is 2.11. The molecule has 1 N–H and O–H groups in total. The van der Waals surface area contributed by atoms with Crippen LogP contribution in [0, 0.1) is 0 Å². The molecule has 0 aliphatic heterocycles. The van der Waals surface area contributed by atoms with Crippen LogP contribution in [0.25, 0.3) is 11.0 Å². The highest BCUT2D eigenvalue weighted by molar-refractivity contribution is 5.95. The van der Waals surface area contributed by atoms with Gasteiger partial charge in [0, 0.05) is 11.3 Å². The summed E-state index contributed by atoms with van der Waals surface area (Å²) in [5, 5.41) is 8.55. The molecule has 2 heterocycles. The Morgan fingerprint density at radius 3 is 2.73 bits per heavy atom. The van der Waals surface area contributed by atoms with Gasteiger partial charge in [0.1, 0.15) is 12.1 Å². The standard InChI is InChI=1S/C20H17N5O/c1-14(26)16-8-5-9-17(10-16)24-19-18-11-23-25(20(18)22-13-21-19)12-15-6-3-2-4-7-15/h2-11,13H,12H2,1H3,(H,21,22,24). The third kappa shape index (κ3) is 3.17. The van der Waals surface area contributed by atoms with E-state index in [9.17, 15) is 4.79 Å². The molecule has 0 amide bonds. The van der Waals surface area contributed by atoms with E-state index in [-0.39, 0.29) is 5.78 Å². The number of fused-ring (bicyclic) bond motifs is 1. The molecule has 0 saturated heterocycles. The second-order valence-electron chi connectivity index (χ2n) is 6.01. The quantitative estimate of drug-likeness (QED) is 0.558. The Balaban J connectivity index is 1.67. The molecule has 0 unspecified atom stereocenters. The molecule has 2 aromatic heterocycles. The molecule has 2 aromatic carbocycles. The van der Waals surface area contributed by atoms with E-state index in [0.29, 0.717) is 17.9 Å². The van der Waals surface area contributed by atoms with Gasteiger partial charge in [0.2, 0.25) is 0 Å². The Labute approximate surface area is 150 Å². The first-order valence-electron chi connectivity index (χ1n) is 8.29. The fourth-order valence-electron chi connectivity index (χ4n) is 2.82. The number of nitrogens with zero attached hydrogens (tertiary/aromatic N) is 4. The van der Waals surface area contributed by atoms with Crippen LogP contribution in [0.3, 0.4) is 0 Å². The molecule has 0 aliphatic rings. The van der Waals surface area contributed by atoms with Crippen LogP contribution in [0.15, 0.2) is 67.1 Å². The maximum atomic E-state index is 11.6. The van der Waals surface area contributed by atoms with Crippen LogP contribution < -0.4 is 5.32 Å². The number of ketones is 1. The zero-order valence-corrected chi connectivity index (χ0v) is 14.3. The van der Waals surface area contributed by atoms with E-state index in [1.807, 2.05) is 41.1 Å². The molecule has 0 atom stereocenters. The molecule has 6 heteroatoms. The summed E-state index contributed by atoms with van der Waals surface area (Å²) in [6.45, 7) is 2.19. The average molecular weight is 343 g/mol. The van der Waals surface area contributed by atoms with E-state index in [2.05, 4.69) is 32.5 Å². The van der Waals surface area contributed by atoms with Crippen molar-refractivity contribution in [3.8, 4) is 0 Å². The third-order valence-corrected chi connectivity index (χ3v) is 4.14. The first kappa shape index (κ1) is 16.0. The summed E-state index contributed by atoms with van der Waals surface area (Å²) >= 11 is 0. The number of rotatable bonds is 5. The maximum absolute atomic E-state index is 11.6. The second kappa shape index (κ2) is 6.76. The van der Waals surface area contributed by atoms with Crippen LogP contribution in [0.4, 0.5) is 11.5 Å². The SMILES string of the molecule is CC(=O)c1cccc(Nc2ncnc3c2cnn3Cc2ccccc2)c1. The molecule has 4 rings (SSSR count). The zero-order valence-electron chi connectivity index (χ0n) is 14.3. The summed E-state index contributed by atoms with van der Waals surface area (Å²) in [5.41, 5.74) is 3.36. The van der Waals surface area contributed by atoms with Crippen molar-refractivity contribution >= 4 is 28.3 Å². The topological polar surface area (TPSA) is 72.7 Å². The van der Waals surface area contributed by atoms with Crippen molar-refractivity contribution in [3.05, 3.63) is 78.2 Å². The predicted molar refractivity (Wildman–Crippen MR) is 101 cm³/mol. The number of carbonyl (C=O) groups is 1. The van der Waals surface area contributed by atoms with Gasteiger partial charge in [0.15, 0.2) is 11.4 Å². The summed E-state index contributed by atoms with van der Waals surface area (Å²) in [7, 11) is 0.